The highest BCUT2D eigenvalue weighted by Crippen LogP contribution is 2.09. The number of hydrogen-bond donors (Lipinski definition) is 0. The molecule has 1 heterocycles. The molecule has 0 aromatic carbocycles. The standard InChI is InChI=1S/C9H12N2S/c1-8(2)12-11-7-9-5-3-4-6-10-9/h3-8H,1-2H3. The molecule has 1 aromatic rings. The first-order valence-corrected chi connectivity index (χ1v) is 4.73. The Labute approximate surface area is 77.3 Å². The van der Waals surface area contributed by atoms with E-state index in [1.54, 1.807) is 24.4 Å². The third kappa shape index (κ3) is 3.53. The summed E-state index contributed by atoms with van der Waals surface area (Å²) in [5.41, 5.74) is 0.908. The van der Waals surface area contributed by atoms with E-state index in [2.05, 4.69) is 23.2 Å². The van der Waals surface area contributed by atoms with Gasteiger partial charge in [0, 0.05) is 11.4 Å². The van der Waals surface area contributed by atoms with Crippen molar-refractivity contribution in [3.8, 4) is 0 Å². The van der Waals surface area contributed by atoms with Gasteiger partial charge in [0.25, 0.3) is 0 Å². The van der Waals surface area contributed by atoms with Gasteiger partial charge in [-0.05, 0) is 24.1 Å². The van der Waals surface area contributed by atoms with Crippen LogP contribution < -0.4 is 0 Å². The molecule has 0 saturated heterocycles. The molecule has 1 aromatic heterocycles. The van der Waals surface area contributed by atoms with E-state index in [0.717, 1.165) is 5.69 Å². The Morgan fingerprint density at radius 1 is 1.50 bits per heavy atom. The van der Waals surface area contributed by atoms with Crippen molar-refractivity contribution in [2.24, 2.45) is 4.40 Å². The van der Waals surface area contributed by atoms with Gasteiger partial charge in [-0.25, -0.2) is 4.40 Å². The molecule has 0 aliphatic rings. The highest BCUT2D eigenvalue weighted by atomic mass is 32.2. The molecule has 0 saturated carbocycles. The molecule has 0 radical (unpaired) electrons. The summed E-state index contributed by atoms with van der Waals surface area (Å²) in [6.07, 6.45) is 3.55. The Balaban J connectivity index is 2.47. The van der Waals surface area contributed by atoms with E-state index in [9.17, 15) is 0 Å². The Hall–Kier alpha value is -0.830. The van der Waals surface area contributed by atoms with Crippen LogP contribution in [0.1, 0.15) is 19.5 Å². The van der Waals surface area contributed by atoms with E-state index in [-0.39, 0.29) is 0 Å². The molecular weight excluding hydrogens is 168 g/mol. The molecule has 2 nitrogen and oxygen atoms in total. The molecular formula is C9H12N2S. The predicted molar refractivity (Wildman–Crippen MR) is 54.6 cm³/mol. The molecule has 64 valence electrons. The molecule has 12 heavy (non-hydrogen) atoms. The first-order valence-electron chi connectivity index (χ1n) is 3.89. The molecule has 3 heteroatoms. The van der Waals surface area contributed by atoms with Gasteiger partial charge in [0.2, 0.25) is 0 Å². The van der Waals surface area contributed by atoms with Crippen LogP contribution in [-0.2, 0) is 0 Å². The Morgan fingerprint density at radius 2 is 2.33 bits per heavy atom. The zero-order chi connectivity index (χ0) is 8.81. The van der Waals surface area contributed by atoms with Crippen molar-refractivity contribution in [3.05, 3.63) is 30.1 Å². The van der Waals surface area contributed by atoms with Crippen molar-refractivity contribution in [1.29, 1.82) is 0 Å². The minimum absolute atomic E-state index is 0.532. The fourth-order valence-corrected chi connectivity index (χ4v) is 1.07. The second-order valence-electron chi connectivity index (χ2n) is 2.64. The van der Waals surface area contributed by atoms with Gasteiger partial charge in [-0.2, -0.15) is 0 Å². The largest absolute Gasteiger partial charge is 0.255 e. The van der Waals surface area contributed by atoms with Gasteiger partial charge in [-0.1, -0.05) is 19.9 Å². The lowest BCUT2D eigenvalue weighted by molar-refractivity contribution is 1.11. The summed E-state index contributed by atoms with van der Waals surface area (Å²) >= 11 is 1.56. The Kier molecular flexibility index (Phi) is 3.80. The van der Waals surface area contributed by atoms with Gasteiger partial charge in [0.1, 0.15) is 0 Å². The third-order valence-corrected chi connectivity index (χ3v) is 1.79. The van der Waals surface area contributed by atoms with Crippen LogP contribution in [0.3, 0.4) is 0 Å². The maximum atomic E-state index is 4.17. The van der Waals surface area contributed by atoms with Crippen LogP contribution in [0.5, 0.6) is 0 Å². The lowest BCUT2D eigenvalue weighted by atomic mass is 10.4. The lowest BCUT2D eigenvalue weighted by Crippen LogP contribution is -1.86. The van der Waals surface area contributed by atoms with Crippen LogP contribution in [0.15, 0.2) is 28.8 Å². The van der Waals surface area contributed by atoms with Crippen molar-refractivity contribution in [1.82, 2.24) is 4.98 Å². The van der Waals surface area contributed by atoms with Gasteiger partial charge >= 0.3 is 0 Å². The summed E-state index contributed by atoms with van der Waals surface area (Å²) < 4.78 is 4.17. The van der Waals surface area contributed by atoms with E-state index in [4.69, 9.17) is 0 Å². The maximum absolute atomic E-state index is 4.17. The van der Waals surface area contributed by atoms with Crippen LogP contribution in [0.25, 0.3) is 0 Å². The molecule has 0 amide bonds. The summed E-state index contributed by atoms with van der Waals surface area (Å²) in [7, 11) is 0. The van der Waals surface area contributed by atoms with Crippen LogP contribution in [-0.4, -0.2) is 16.4 Å². The lowest BCUT2D eigenvalue weighted by Gasteiger charge is -1.95. The zero-order valence-electron chi connectivity index (χ0n) is 7.27. The highest BCUT2D eigenvalue weighted by molar-refractivity contribution is 7.98. The summed E-state index contributed by atoms with van der Waals surface area (Å²) in [4.78, 5) is 4.11. The van der Waals surface area contributed by atoms with E-state index < -0.39 is 0 Å². The van der Waals surface area contributed by atoms with Crippen molar-refractivity contribution < 1.29 is 0 Å². The minimum atomic E-state index is 0.532. The number of aromatic nitrogens is 1. The summed E-state index contributed by atoms with van der Waals surface area (Å²) in [6.45, 7) is 4.22. The molecule has 0 bridgehead atoms. The predicted octanol–water partition coefficient (Wildman–Crippen LogP) is 2.56. The van der Waals surface area contributed by atoms with Crippen molar-refractivity contribution in [2.75, 3.05) is 0 Å². The SMILES string of the molecule is CC(C)SN=Cc1ccccn1. The summed E-state index contributed by atoms with van der Waals surface area (Å²) in [5.74, 6) is 0. The van der Waals surface area contributed by atoms with Crippen LogP contribution >= 0.6 is 11.9 Å². The number of rotatable bonds is 3. The summed E-state index contributed by atoms with van der Waals surface area (Å²) in [6, 6.07) is 5.78. The monoisotopic (exact) mass is 180 g/mol. The number of pyridine rings is 1. The average molecular weight is 180 g/mol. The van der Waals surface area contributed by atoms with Gasteiger partial charge in [0.15, 0.2) is 0 Å². The van der Waals surface area contributed by atoms with E-state index in [1.165, 1.54) is 0 Å². The fraction of sp³-hybridized carbons (Fsp3) is 0.333. The second-order valence-corrected chi connectivity index (χ2v) is 4.01. The molecule has 0 fully saturated rings. The highest BCUT2D eigenvalue weighted by Gasteiger charge is 1.89. The maximum Gasteiger partial charge on any atom is 0.0819 e. The quantitative estimate of drug-likeness (QED) is 0.527. The van der Waals surface area contributed by atoms with Gasteiger partial charge in [-0.15, -0.1) is 0 Å². The van der Waals surface area contributed by atoms with Gasteiger partial charge < -0.3 is 0 Å². The van der Waals surface area contributed by atoms with Gasteiger partial charge in [0.05, 0.1) is 11.9 Å². The third-order valence-electron chi connectivity index (χ3n) is 1.14. The number of nitrogens with zero attached hydrogens (tertiary/aromatic N) is 2. The van der Waals surface area contributed by atoms with Crippen molar-refractivity contribution >= 4 is 18.2 Å². The number of hydrogen-bond acceptors (Lipinski definition) is 3. The minimum Gasteiger partial charge on any atom is -0.255 e. The van der Waals surface area contributed by atoms with Gasteiger partial charge in [-0.3, -0.25) is 4.98 Å². The van der Waals surface area contributed by atoms with E-state index >= 15 is 0 Å². The molecule has 0 aliphatic carbocycles. The summed E-state index contributed by atoms with van der Waals surface area (Å²) in [5, 5.41) is 0.532. The van der Waals surface area contributed by atoms with Crippen molar-refractivity contribution in [3.63, 3.8) is 0 Å². The smallest absolute Gasteiger partial charge is 0.0819 e. The van der Waals surface area contributed by atoms with E-state index in [1.807, 2.05) is 18.2 Å². The Bertz CT molecular complexity index is 244. The van der Waals surface area contributed by atoms with Crippen LogP contribution in [0.2, 0.25) is 0 Å². The normalized spacial score (nSPS) is 11.2. The molecule has 0 unspecified atom stereocenters. The van der Waals surface area contributed by atoms with E-state index in [0.29, 0.717) is 5.25 Å². The molecule has 0 N–H and O–H groups in total. The second kappa shape index (κ2) is 4.93. The first-order chi connectivity index (χ1) is 5.79. The molecule has 1 rings (SSSR count). The Morgan fingerprint density at radius 3 is 2.92 bits per heavy atom. The topological polar surface area (TPSA) is 25.2 Å². The fourth-order valence-electron chi connectivity index (χ4n) is 0.658. The average Bonchev–Trinajstić information content (AvgIpc) is 2.05. The first kappa shape index (κ1) is 9.26. The van der Waals surface area contributed by atoms with Crippen LogP contribution in [0.4, 0.5) is 0 Å². The zero-order valence-corrected chi connectivity index (χ0v) is 8.08. The van der Waals surface area contributed by atoms with Crippen molar-refractivity contribution in [2.45, 2.75) is 19.1 Å². The molecule has 0 spiro atoms. The van der Waals surface area contributed by atoms with Crippen LogP contribution in [0, 0.1) is 0 Å². The molecule has 0 atom stereocenters. The molecule has 0 aliphatic heterocycles.